The van der Waals surface area contributed by atoms with Crippen molar-refractivity contribution < 1.29 is 22.4 Å². The van der Waals surface area contributed by atoms with Crippen molar-refractivity contribution in [2.24, 2.45) is 0 Å². The summed E-state index contributed by atoms with van der Waals surface area (Å²) in [7, 11) is -1.67. The van der Waals surface area contributed by atoms with Crippen LogP contribution < -0.4 is 4.74 Å². The Morgan fingerprint density at radius 1 is 1.22 bits per heavy atom. The molecular formula is C15H18N2O5S. The molecule has 1 aliphatic heterocycles. The topological polar surface area (TPSA) is 80.1 Å². The fourth-order valence-electron chi connectivity index (χ4n) is 2.68. The molecule has 0 saturated carbocycles. The van der Waals surface area contributed by atoms with Crippen LogP contribution in [0.2, 0.25) is 0 Å². The number of para-hydroxylation sites is 1. The van der Waals surface area contributed by atoms with Crippen molar-refractivity contribution in [1.29, 1.82) is 0 Å². The number of furan rings is 1. The molecule has 1 aromatic heterocycles. The Morgan fingerprint density at radius 3 is 2.52 bits per heavy atom. The van der Waals surface area contributed by atoms with Gasteiger partial charge < -0.3 is 14.1 Å². The first-order valence-corrected chi connectivity index (χ1v) is 9.06. The van der Waals surface area contributed by atoms with Crippen molar-refractivity contribution in [2.45, 2.75) is 0 Å². The van der Waals surface area contributed by atoms with Gasteiger partial charge in [-0.15, -0.1) is 0 Å². The number of benzene rings is 1. The molecule has 1 aromatic carbocycles. The summed E-state index contributed by atoms with van der Waals surface area (Å²) >= 11 is 0. The average Bonchev–Trinajstić information content (AvgIpc) is 2.97. The van der Waals surface area contributed by atoms with E-state index >= 15 is 0 Å². The highest BCUT2D eigenvalue weighted by molar-refractivity contribution is 7.88. The van der Waals surface area contributed by atoms with Gasteiger partial charge in [-0.25, -0.2) is 8.42 Å². The van der Waals surface area contributed by atoms with E-state index < -0.39 is 10.0 Å². The highest BCUT2D eigenvalue weighted by atomic mass is 32.2. The van der Waals surface area contributed by atoms with Gasteiger partial charge in [0.25, 0.3) is 5.91 Å². The Hall–Kier alpha value is -2.06. The van der Waals surface area contributed by atoms with Crippen molar-refractivity contribution in [3.63, 3.8) is 0 Å². The van der Waals surface area contributed by atoms with Crippen LogP contribution in [-0.4, -0.2) is 63.1 Å². The molecule has 0 N–H and O–H groups in total. The predicted molar refractivity (Wildman–Crippen MR) is 85.1 cm³/mol. The molecule has 1 aliphatic rings. The Kier molecular flexibility index (Phi) is 4.03. The smallest absolute Gasteiger partial charge is 0.289 e. The zero-order valence-corrected chi connectivity index (χ0v) is 13.8. The number of methoxy groups -OCH3 is 1. The monoisotopic (exact) mass is 338 g/mol. The molecule has 0 atom stereocenters. The molecule has 0 bridgehead atoms. The normalized spacial score (nSPS) is 16.7. The lowest BCUT2D eigenvalue weighted by Gasteiger charge is -2.32. The molecule has 7 nitrogen and oxygen atoms in total. The summed E-state index contributed by atoms with van der Waals surface area (Å²) in [4.78, 5) is 14.2. The Labute approximate surface area is 134 Å². The molecule has 1 saturated heterocycles. The van der Waals surface area contributed by atoms with Crippen molar-refractivity contribution in [3.05, 3.63) is 30.0 Å². The van der Waals surface area contributed by atoms with Gasteiger partial charge in [0.15, 0.2) is 17.1 Å². The molecule has 0 radical (unpaired) electrons. The second-order valence-corrected chi connectivity index (χ2v) is 7.43. The number of amides is 1. The molecule has 1 fully saturated rings. The standard InChI is InChI=1S/C15H18N2O5S/c1-21-12-5-3-4-11-10-13(22-14(11)12)15(18)16-6-8-17(9-7-16)23(2,19)20/h3-5,10H,6-9H2,1-2H3. The van der Waals surface area contributed by atoms with E-state index in [9.17, 15) is 13.2 Å². The molecule has 1 amide bonds. The fourth-order valence-corrected chi connectivity index (χ4v) is 3.51. The van der Waals surface area contributed by atoms with E-state index in [-0.39, 0.29) is 11.7 Å². The van der Waals surface area contributed by atoms with E-state index in [2.05, 4.69) is 0 Å². The number of piperazine rings is 1. The summed E-state index contributed by atoms with van der Waals surface area (Å²) in [5.74, 6) is 0.567. The first-order valence-electron chi connectivity index (χ1n) is 7.21. The number of fused-ring (bicyclic) bond motifs is 1. The van der Waals surface area contributed by atoms with Crippen LogP contribution in [0.3, 0.4) is 0 Å². The lowest BCUT2D eigenvalue weighted by Crippen LogP contribution is -2.50. The molecule has 8 heteroatoms. The lowest BCUT2D eigenvalue weighted by molar-refractivity contribution is 0.0668. The van der Waals surface area contributed by atoms with Crippen molar-refractivity contribution in [3.8, 4) is 5.75 Å². The quantitative estimate of drug-likeness (QED) is 0.839. The van der Waals surface area contributed by atoms with Crippen molar-refractivity contribution >= 4 is 26.9 Å². The highest BCUT2D eigenvalue weighted by Crippen LogP contribution is 2.29. The zero-order chi connectivity index (χ0) is 16.6. The maximum Gasteiger partial charge on any atom is 0.289 e. The summed E-state index contributed by atoms with van der Waals surface area (Å²) in [6.45, 7) is 1.29. The van der Waals surface area contributed by atoms with Gasteiger partial charge in [-0.1, -0.05) is 12.1 Å². The molecule has 2 aromatic rings. The molecule has 2 heterocycles. The first-order chi connectivity index (χ1) is 10.9. The van der Waals surface area contributed by atoms with Gasteiger partial charge >= 0.3 is 0 Å². The van der Waals surface area contributed by atoms with Crippen LogP contribution in [-0.2, 0) is 10.0 Å². The number of hydrogen-bond donors (Lipinski definition) is 0. The minimum Gasteiger partial charge on any atom is -0.493 e. The summed E-state index contributed by atoms with van der Waals surface area (Å²) in [6.07, 6.45) is 1.18. The summed E-state index contributed by atoms with van der Waals surface area (Å²) < 4.78 is 35.3. The van der Waals surface area contributed by atoms with Crippen molar-refractivity contribution in [2.75, 3.05) is 39.5 Å². The Bertz CT molecular complexity index is 835. The van der Waals surface area contributed by atoms with Crippen LogP contribution in [0.25, 0.3) is 11.0 Å². The second kappa shape index (κ2) is 5.86. The van der Waals surface area contributed by atoms with Crippen LogP contribution in [0.1, 0.15) is 10.6 Å². The SMILES string of the molecule is COc1cccc2cc(C(=O)N3CCN(S(C)(=O)=O)CC3)oc12. The first kappa shape index (κ1) is 15.8. The predicted octanol–water partition coefficient (Wildman–Crippen LogP) is 1.16. The van der Waals surface area contributed by atoms with Gasteiger partial charge in [0.1, 0.15) is 0 Å². The molecule has 0 aliphatic carbocycles. The number of carbonyl (C=O) groups is 1. The molecule has 0 unspecified atom stereocenters. The zero-order valence-electron chi connectivity index (χ0n) is 13.0. The molecule has 0 spiro atoms. The van der Waals surface area contributed by atoms with E-state index in [1.54, 1.807) is 24.1 Å². The average molecular weight is 338 g/mol. The third-order valence-corrected chi connectivity index (χ3v) is 5.24. The third-order valence-electron chi connectivity index (χ3n) is 3.93. The third kappa shape index (κ3) is 3.04. The minimum atomic E-state index is -3.21. The van der Waals surface area contributed by atoms with Gasteiger partial charge in [0, 0.05) is 31.6 Å². The van der Waals surface area contributed by atoms with E-state index in [0.717, 1.165) is 5.39 Å². The van der Waals surface area contributed by atoms with E-state index in [0.29, 0.717) is 37.5 Å². The fraction of sp³-hybridized carbons (Fsp3) is 0.400. The van der Waals surface area contributed by atoms with Gasteiger partial charge in [0.2, 0.25) is 10.0 Å². The van der Waals surface area contributed by atoms with Gasteiger partial charge in [-0.05, 0) is 12.1 Å². The van der Waals surface area contributed by atoms with Gasteiger partial charge in [0.05, 0.1) is 13.4 Å². The van der Waals surface area contributed by atoms with Gasteiger partial charge in [-0.2, -0.15) is 4.31 Å². The Balaban J connectivity index is 1.79. The molecule has 124 valence electrons. The lowest BCUT2D eigenvalue weighted by atomic mass is 10.2. The highest BCUT2D eigenvalue weighted by Gasteiger charge is 2.28. The van der Waals surface area contributed by atoms with Crippen LogP contribution in [0.4, 0.5) is 0 Å². The van der Waals surface area contributed by atoms with Crippen LogP contribution >= 0.6 is 0 Å². The number of sulfonamides is 1. The minimum absolute atomic E-state index is 0.234. The number of carbonyl (C=O) groups excluding carboxylic acids is 1. The van der Waals surface area contributed by atoms with E-state index in [4.69, 9.17) is 9.15 Å². The number of hydrogen-bond acceptors (Lipinski definition) is 5. The maximum absolute atomic E-state index is 12.5. The largest absolute Gasteiger partial charge is 0.493 e. The maximum atomic E-state index is 12.5. The van der Waals surface area contributed by atoms with Crippen LogP contribution in [0.5, 0.6) is 5.75 Å². The summed E-state index contributed by atoms with van der Waals surface area (Å²) in [6, 6.07) is 7.13. The summed E-state index contributed by atoms with van der Waals surface area (Å²) in [5.41, 5.74) is 0.535. The van der Waals surface area contributed by atoms with Crippen molar-refractivity contribution in [1.82, 2.24) is 9.21 Å². The molecule has 23 heavy (non-hydrogen) atoms. The number of ether oxygens (including phenoxy) is 1. The number of rotatable bonds is 3. The summed E-state index contributed by atoms with van der Waals surface area (Å²) in [5, 5.41) is 0.794. The van der Waals surface area contributed by atoms with Gasteiger partial charge in [-0.3, -0.25) is 4.79 Å². The molecule has 3 rings (SSSR count). The van der Waals surface area contributed by atoms with E-state index in [1.165, 1.54) is 10.6 Å². The molecular weight excluding hydrogens is 320 g/mol. The van der Waals surface area contributed by atoms with E-state index in [1.807, 2.05) is 12.1 Å². The number of nitrogens with zero attached hydrogens (tertiary/aromatic N) is 2. The Morgan fingerprint density at radius 2 is 1.91 bits per heavy atom. The second-order valence-electron chi connectivity index (χ2n) is 5.44. The van der Waals surface area contributed by atoms with Crippen LogP contribution in [0.15, 0.2) is 28.7 Å². The van der Waals surface area contributed by atoms with Crippen LogP contribution in [0, 0.1) is 0 Å².